The zero-order valence-corrected chi connectivity index (χ0v) is 17.3. The lowest BCUT2D eigenvalue weighted by atomic mass is 10.2. The third-order valence-electron chi connectivity index (χ3n) is 4.39. The maximum Gasteiger partial charge on any atom is 0.303 e. The van der Waals surface area contributed by atoms with E-state index in [4.69, 9.17) is 14.4 Å². The third-order valence-corrected chi connectivity index (χ3v) is 6.23. The molecule has 2 aromatic rings. The van der Waals surface area contributed by atoms with Gasteiger partial charge in [-0.05, 0) is 19.1 Å². The molecular weight excluding hydrogens is 432 g/mol. The number of fused-ring (bicyclic) bond motifs is 1. The largest absolute Gasteiger partial charge is 0.481 e. The summed E-state index contributed by atoms with van der Waals surface area (Å²) < 4.78 is 35.7. The van der Waals surface area contributed by atoms with E-state index in [-0.39, 0.29) is 54.8 Å². The molecule has 1 aliphatic rings. The van der Waals surface area contributed by atoms with Crippen LogP contribution < -0.4 is 5.32 Å². The Kier molecular flexibility index (Phi) is 6.65. The second-order valence-corrected chi connectivity index (χ2v) is 8.49. The Balaban J connectivity index is 1.44. The number of nitrogens with zero attached hydrogens (tertiary/aromatic N) is 3. The highest BCUT2D eigenvalue weighted by molar-refractivity contribution is 7.90. The first-order valence-corrected chi connectivity index (χ1v) is 10.7. The summed E-state index contributed by atoms with van der Waals surface area (Å²) in [6, 6.07) is 5.30. The summed E-state index contributed by atoms with van der Waals surface area (Å²) in [6.45, 7) is 0.846. The zero-order valence-electron chi connectivity index (χ0n) is 16.5. The zero-order chi connectivity index (χ0) is 22.6. The van der Waals surface area contributed by atoms with E-state index in [1.54, 1.807) is 13.0 Å². The predicted octanol–water partition coefficient (Wildman–Crippen LogP) is 0.125. The number of aromatic nitrogens is 2. The van der Waals surface area contributed by atoms with Crippen molar-refractivity contribution in [3.8, 4) is 0 Å². The van der Waals surface area contributed by atoms with Crippen molar-refractivity contribution in [3.05, 3.63) is 41.5 Å². The number of sulfonamides is 1. The molecule has 1 aromatic heterocycles. The van der Waals surface area contributed by atoms with Crippen molar-refractivity contribution in [2.45, 2.75) is 30.7 Å². The van der Waals surface area contributed by atoms with Gasteiger partial charge in [0.25, 0.3) is 15.9 Å². The molecule has 0 spiro atoms. The number of hydrogen-bond donors (Lipinski definition) is 2. The molecule has 1 aliphatic heterocycles. The standard InChI is InChI=1S/C18H20N4O8S/c1-11(17-20-15(30-21-17)6-7-16(24)25)19-14(23)10-29-9-8-22-18(26)12-4-2-3-5-13(12)31(22,27)28/h2-5,11H,6-10H2,1H3,(H,19,23)(H,24,25)/t11-/m0/s1. The fourth-order valence-electron chi connectivity index (χ4n) is 2.87. The van der Waals surface area contributed by atoms with Gasteiger partial charge in [-0.15, -0.1) is 0 Å². The number of carboxylic acid groups (broad SMARTS) is 1. The van der Waals surface area contributed by atoms with Gasteiger partial charge in [-0.1, -0.05) is 17.3 Å². The van der Waals surface area contributed by atoms with Gasteiger partial charge in [0.2, 0.25) is 11.8 Å². The van der Waals surface area contributed by atoms with Gasteiger partial charge in [0.15, 0.2) is 5.82 Å². The van der Waals surface area contributed by atoms with Crippen molar-refractivity contribution in [2.24, 2.45) is 0 Å². The minimum absolute atomic E-state index is 0.0468. The van der Waals surface area contributed by atoms with E-state index >= 15 is 0 Å². The second kappa shape index (κ2) is 9.22. The van der Waals surface area contributed by atoms with E-state index in [9.17, 15) is 22.8 Å². The number of carboxylic acids is 1. The highest BCUT2D eigenvalue weighted by Crippen LogP contribution is 2.29. The van der Waals surface area contributed by atoms with Crippen molar-refractivity contribution < 1.29 is 37.2 Å². The Morgan fingerprint density at radius 2 is 2.06 bits per heavy atom. The highest BCUT2D eigenvalue weighted by atomic mass is 32.2. The molecular formula is C18H20N4O8S. The Morgan fingerprint density at radius 3 is 2.77 bits per heavy atom. The van der Waals surface area contributed by atoms with Gasteiger partial charge < -0.3 is 19.7 Å². The van der Waals surface area contributed by atoms with Crippen LogP contribution in [0.15, 0.2) is 33.7 Å². The van der Waals surface area contributed by atoms with Gasteiger partial charge in [-0.25, -0.2) is 12.7 Å². The van der Waals surface area contributed by atoms with Crippen LogP contribution in [0.1, 0.15) is 41.5 Å². The first kappa shape index (κ1) is 22.4. The molecule has 0 unspecified atom stereocenters. The molecule has 12 nitrogen and oxygen atoms in total. The van der Waals surface area contributed by atoms with E-state index in [0.29, 0.717) is 0 Å². The maximum atomic E-state index is 12.4. The molecule has 0 aliphatic carbocycles. The molecule has 31 heavy (non-hydrogen) atoms. The quantitative estimate of drug-likeness (QED) is 0.472. The van der Waals surface area contributed by atoms with E-state index in [1.807, 2.05) is 0 Å². The summed E-state index contributed by atoms with van der Waals surface area (Å²) in [7, 11) is -3.92. The molecule has 1 aromatic carbocycles. The summed E-state index contributed by atoms with van der Waals surface area (Å²) in [5, 5.41) is 14.9. The van der Waals surface area contributed by atoms with Crippen LogP contribution >= 0.6 is 0 Å². The van der Waals surface area contributed by atoms with E-state index < -0.39 is 33.8 Å². The number of ether oxygens (including phenoxy) is 1. The Morgan fingerprint density at radius 1 is 1.32 bits per heavy atom. The Hall–Kier alpha value is -3.32. The lowest BCUT2D eigenvalue weighted by molar-refractivity contribution is -0.137. The summed E-state index contributed by atoms with van der Waals surface area (Å²) in [5.74, 6) is -1.81. The fraction of sp³-hybridized carbons (Fsp3) is 0.389. The average molecular weight is 452 g/mol. The lowest BCUT2D eigenvalue weighted by Crippen LogP contribution is -2.35. The Bertz CT molecular complexity index is 1100. The van der Waals surface area contributed by atoms with Crippen molar-refractivity contribution in [1.82, 2.24) is 19.8 Å². The fourth-order valence-corrected chi connectivity index (χ4v) is 4.42. The van der Waals surface area contributed by atoms with Crippen LogP contribution in [0.25, 0.3) is 0 Å². The summed E-state index contributed by atoms with van der Waals surface area (Å²) in [6.07, 6.45) is -0.0787. The molecule has 0 bridgehead atoms. The highest BCUT2D eigenvalue weighted by Gasteiger charge is 2.40. The second-order valence-electron chi connectivity index (χ2n) is 6.66. The van der Waals surface area contributed by atoms with E-state index in [2.05, 4.69) is 15.5 Å². The van der Waals surface area contributed by atoms with Crippen LogP contribution in [-0.4, -0.2) is 65.5 Å². The summed E-state index contributed by atoms with van der Waals surface area (Å²) in [5.41, 5.74) is 0.108. The number of aryl methyl sites for hydroxylation is 1. The van der Waals surface area contributed by atoms with Crippen LogP contribution in [0.3, 0.4) is 0 Å². The molecule has 0 fully saturated rings. The molecule has 0 saturated heterocycles. The maximum absolute atomic E-state index is 12.4. The van der Waals surface area contributed by atoms with Crippen molar-refractivity contribution >= 4 is 27.8 Å². The Labute approximate surface area is 177 Å². The number of hydrogen-bond acceptors (Lipinski definition) is 9. The lowest BCUT2D eigenvalue weighted by Gasteiger charge is -2.15. The van der Waals surface area contributed by atoms with Crippen LogP contribution in [0, 0.1) is 0 Å². The minimum Gasteiger partial charge on any atom is -0.481 e. The number of nitrogens with one attached hydrogen (secondary N) is 1. The molecule has 13 heteroatoms. The van der Waals surface area contributed by atoms with Crippen molar-refractivity contribution in [2.75, 3.05) is 19.8 Å². The van der Waals surface area contributed by atoms with Crippen LogP contribution in [0.5, 0.6) is 0 Å². The van der Waals surface area contributed by atoms with E-state index in [0.717, 1.165) is 4.31 Å². The number of aliphatic carboxylic acids is 1. The van der Waals surface area contributed by atoms with Gasteiger partial charge in [-0.2, -0.15) is 4.98 Å². The van der Waals surface area contributed by atoms with Crippen molar-refractivity contribution in [1.29, 1.82) is 0 Å². The molecule has 166 valence electrons. The number of benzene rings is 1. The van der Waals surface area contributed by atoms with Gasteiger partial charge in [0, 0.05) is 6.42 Å². The van der Waals surface area contributed by atoms with Gasteiger partial charge in [0.1, 0.15) is 11.5 Å². The number of carbonyl (C=O) groups is 3. The SMILES string of the molecule is C[C@H](NC(=O)COCCN1C(=O)c2ccccc2S1(=O)=O)c1noc(CCC(=O)O)n1. The molecule has 2 amide bonds. The number of carbonyl (C=O) groups excluding carboxylic acids is 2. The topological polar surface area (TPSA) is 169 Å². The first-order valence-electron chi connectivity index (χ1n) is 9.27. The molecule has 0 radical (unpaired) electrons. The molecule has 0 saturated carbocycles. The van der Waals surface area contributed by atoms with Crippen LogP contribution in [0.4, 0.5) is 0 Å². The minimum atomic E-state index is -3.92. The summed E-state index contributed by atoms with van der Waals surface area (Å²) >= 11 is 0. The number of rotatable bonds is 10. The van der Waals surface area contributed by atoms with Crippen LogP contribution in [-0.2, 0) is 30.8 Å². The first-order chi connectivity index (χ1) is 14.7. The van der Waals surface area contributed by atoms with Crippen molar-refractivity contribution in [3.63, 3.8) is 0 Å². The average Bonchev–Trinajstić information content (AvgIpc) is 3.27. The van der Waals surface area contributed by atoms with Gasteiger partial charge in [0.05, 0.1) is 31.2 Å². The molecule has 2 heterocycles. The molecule has 2 N–H and O–H groups in total. The van der Waals surface area contributed by atoms with Crippen LogP contribution in [0.2, 0.25) is 0 Å². The monoisotopic (exact) mass is 452 g/mol. The number of amides is 2. The predicted molar refractivity (Wildman–Crippen MR) is 102 cm³/mol. The van der Waals surface area contributed by atoms with Gasteiger partial charge in [-0.3, -0.25) is 14.4 Å². The van der Waals surface area contributed by atoms with E-state index in [1.165, 1.54) is 18.2 Å². The third kappa shape index (κ3) is 5.06. The normalized spacial score (nSPS) is 15.5. The smallest absolute Gasteiger partial charge is 0.303 e. The molecule has 3 rings (SSSR count). The summed E-state index contributed by atoms with van der Waals surface area (Å²) in [4.78, 5) is 38.8. The molecule has 1 atom stereocenters. The van der Waals surface area contributed by atoms with Gasteiger partial charge >= 0.3 is 5.97 Å².